The quantitative estimate of drug-likeness (QED) is 0.677. The molecule has 3 heteroatoms. The Labute approximate surface area is 86.3 Å². The molecule has 0 aromatic heterocycles. The van der Waals surface area contributed by atoms with Crippen LogP contribution in [0.5, 0.6) is 0 Å². The van der Waals surface area contributed by atoms with Crippen LogP contribution < -0.4 is 5.32 Å². The van der Waals surface area contributed by atoms with Gasteiger partial charge in [-0.1, -0.05) is 20.8 Å². The van der Waals surface area contributed by atoms with E-state index in [1.165, 1.54) is 0 Å². The lowest BCUT2D eigenvalue weighted by atomic mass is 9.99. The summed E-state index contributed by atoms with van der Waals surface area (Å²) in [5.74, 6) is 0.339. The zero-order chi connectivity index (χ0) is 11.1. The van der Waals surface area contributed by atoms with E-state index in [4.69, 9.17) is 0 Å². The molecule has 82 valence electrons. The smallest absolute Gasteiger partial charge is 0.149 e. The fraction of sp³-hybridized carbons (Fsp3) is 0.818. The normalized spacial score (nSPS) is 12.9. The molecule has 0 aliphatic heterocycles. The molecule has 0 radical (unpaired) electrons. The van der Waals surface area contributed by atoms with Gasteiger partial charge in [-0.2, -0.15) is 0 Å². The minimum Gasteiger partial charge on any atom is -0.308 e. The number of hydrogen-bond acceptors (Lipinski definition) is 3. The minimum atomic E-state index is -0.00912. The van der Waals surface area contributed by atoms with Gasteiger partial charge in [-0.15, -0.1) is 0 Å². The summed E-state index contributed by atoms with van der Waals surface area (Å²) in [5, 5.41) is 3.08. The number of hydrogen-bond donors (Lipinski definition) is 1. The van der Waals surface area contributed by atoms with Crippen LogP contribution in [0.3, 0.4) is 0 Å². The third kappa shape index (κ3) is 6.78. The molecular formula is C11H21NO2. The molecule has 0 saturated carbocycles. The molecule has 1 N–H and O–H groups in total. The highest BCUT2D eigenvalue weighted by atomic mass is 16.1. The van der Waals surface area contributed by atoms with Crippen molar-refractivity contribution in [2.24, 2.45) is 5.92 Å². The van der Waals surface area contributed by atoms with Crippen LogP contribution in [0.25, 0.3) is 0 Å². The van der Waals surface area contributed by atoms with Crippen LogP contribution in [-0.2, 0) is 9.59 Å². The topological polar surface area (TPSA) is 46.2 Å². The first kappa shape index (κ1) is 13.3. The largest absolute Gasteiger partial charge is 0.308 e. The summed E-state index contributed by atoms with van der Waals surface area (Å²) in [6.45, 7) is 7.87. The molecule has 3 nitrogen and oxygen atoms in total. The first-order chi connectivity index (χ1) is 6.43. The lowest BCUT2D eigenvalue weighted by molar-refractivity contribution is -0.122. The SMILES string of the molecule is CC(=O)CCC(C)C(=O)CNC(C)C. The molecular weight excluding hydrogens is 178 g/mol. The Morgan fingerprint density at radius 3 is 2.21 bits per heavy atom. The van der Waals surface area contributed by atoms with Gasteiger partial charge in [0.1, 0.15) is 11.6 Å². The van der Waals surface area contributed by atoms with Crippen molar-refractivity contribution in [3.05, 3.63) is 0 Å². The average molecular weight is 199 g/mol. The number of carbonyl (C=O) groups excluding carboxylic acids is 2. The van der Waals surface area contributed by atoms with Crippen molar-refractivity contribution < 1.29 is 9.59 Å². The van der Waals surface area contributed by atoms with Gasteiger partial charge >= 0.3 is 0 Å². The second-order valence-electron chi connectivity index (χ2n) is 4.14. The van der Waals surface area contributed by atoms with E-state index in [1.54, 1.807) is 6.92 Å². The Balaban J connectivity index is 3.70. The highest BCUT2D eigenvalue weighted by molar-refractivity contribution is 5.83. The Kier molecular flexibility index (Phi) is 6.37. The fourth-order valence-corrected chi connectivity index (χ4v) is 1.06. The van der Waals surface area contributed by atoms with Crippen molar-refractivity contribution >= 4 is 11.6 Å². The van der Waals surface area contributed by atoms with Gasteiger partial charge in [0.05, 0.1) is 6.54 Å². The molecule has 0 heterocycles. The molecule has 0 saturated heterocycles. The molecule has 0 spiro atoms. The van der Waals surface area contributed by atoms with E-state index in [0.717, 1.165) is 0 Å². The zero-order valence-electron chi connectivity index (χ0n) is 9.59. The Bertz CT molecular complexity index is 199. The molecule has 0 fully saturated rings. The molecule has 0 aliphatic carbocycles. The molecule has 0 aromatic carbocycles. The summed E-state index contributed by atoms with van der Waals surface area (Å²) < 4.78 is 0. The summed E-state index contributed by atoms with van der Waals surface area (Å²) >= 11 is 0. The molecule has 0 bridgehead atoms. The van der Waals surface area contributed by atoms with Gasteiger partial charge in [0.15, 0.2) is 0 Å². The van der Waals surface area contributed by atoms with Crippen molar-refractivity contribution in [3.8, 4) is 0 Å². The van der Waals surface area contributed by atoms with Gasteiger partial charge in [-0.25, -0.2) is 0 Å². The summed E-state index contributed by atoms with van der Waals surface area (Å²) in [4.78, 5) is 22.2. The van der Waals surface area contributed by atoms with Gasteiger partial charge in [0.25, 0.3) is 0 Å². The van der Waals surface area contributed by atoms with Crippen molar-refractivity contribution in [3.63, 3.8) is 0 Å². The van der Waals surface area contributed by atoms with Gasteiger partial charge in [-0.05, 0) is 13.3 Å². The van der Waals surface area contributed by atoms with Crippen molar-refractivity contribution in [1.29, 1.82) is 0 Å². The highest BCUT2D eigenvalue weighted by Gasteiger charge is 2.13. The molecule has 0 aliphatic rings. The van der Waals surface area contributed by atoms with Crippen molar-refractivity contribution in [1.82, 2.24) is 5.32 Å². The van der Waals surface area contributed by atoms with E-state index in [1.807, 2.05) is 20.8 Å². The summed E-state index contributed by atoms with van der Waals surface area (Å²) in [6.07, 6.45) is 1.18. The molecule has 0 amide bonds. The lowest BCUT2D eigenvalue weighted by Crippen LogP contribution is -2.32. The van der Waals surface area contributed by atoms with Gasteiger partial charge < -0.3 is 10.1 Å². The number of carbonyl (C=O) groups is 2. The summed E-state index contributed by atoms with van der Waals surface area (Å²) in [5.41, 5.74) is 0. The van der Waals surface area contributed by atoms with E-state index in [9.17, 15) is 9.59 Å². The van der Waals surface area contributed by atoms with E-state index in [-0.39, 0.29) is 17.5 Å². The van der Waals surface area contributed by atoms with E-state index >= 15 is 0 Å². The Morgan fingerprint density at radius 1 is 1.21 bits per heavy atom. The van der Waals surface area contributed by atoms with Crippen molar-refractivity contribution in [2.75, 3.05) is 6.54 Å². The number of Topliss-reactive ketones (excluding diaryl/α,β-unsaturated/α-hetero) is 2. The predicted molar refractivity (Wildman–Crippen MR) is 57.2 cm³/mol. The van der Waals surface area contributed by atoms with Gasteiger partial charge in [-0.3, -0.25) is 4.79 Å². The van der Waals surface area contributed by atoms with Crippen LogP contribution in [0.15, 0.2) is 0 Å². The van der Waals surface area contributed by atoms with Crippen LogP contribution in [-0.4, -0.2) is 24.2 Å². The third-order valence-electron chi connectivity index (χ3n) is 2.16. The average Bonchev–Trinajstić information content (AvgIpc) is 2.09. The summed E-state index contributed by atoms with van der Waals surface area (Å²) in [6, 6.07) is 0.332. The van der Waals surface area contributed by atoms with Crippen LogP contribution in [0.4, 0.5) is 0 Å². The van der Waals surface area contributed by atoms with E-state index in [2.05, 4.69) is 5.32 Å². The standard InChI is InChI=1S/C11H21NO2/c1-8(2)12-7-11(14)9(3)5-6-10(4)13/h8-9,12H,5-7H2,1-4H3. The summed E-state index contributed by atoms with van der Waals surface area (Å²) in [7, 11) is 0. The first-order valence-corrected chi connectivity index (χ1v) is 5.19. The number of nitrogens with one attached hydrogen (secondary N) is 1. The maximum Gasteiger partial charge on any atom is 0.149 e. The Morgan fingerprint density at radius 2 is 1.79 bits per heavy atom. The maximum absolute atomic E-state index is 11.5. The minimum absolute atomic E-state index is 0.00912. The lowest BCUT2D eigenvalue weighted by Gasteiger charge is -2.11. The van der Waals surface area contributed by atoms with Crippen LogP contribution in [0.2, 0.25) is 0 Å². The van der Waals surface area contributed by atoms with Crippen LogP contribution >= 0.6 is 0 Å². The number of ketones is 2. The first-order valence-electron chi connectivity index (χ1n) is 5.19. The van der Waals surface area contributed by atoms with Crippen LogP contribution in [0.1, 0.15) is 40.5 Å². The van der Waals surface area contributed by atoms with Crippen LogP contribution in [0, 0.1) is 5.92 Å². The monoisotopic (exact) mass is 199 g/mol. The van der Waals surface area contributed by atoms with Gasteiger partial charge in [0.2, 0.25) is 0 Å². The third-order valence-corrected chi connectivity index (χ3v) is 2.16. The van der Waals surface area contributed by atoms with E-state index in [0.29, 0.717) is 25.4 Å². The predicted octanol–water partition coefficient (Wildman–Crippen LogP) is 1.56. The Hall–Kier alpha value is -0.700. The zero-order valence-corrected chi connectivity index (χ0v) is 9.59. The molecule has 14 heavy (non-hydrogen) atoms. The molecule has 0 aromatic rings. The van der Waals surface area contributed by atoms with Crippen molar-refractivity contribution in [2.45, 2.75) is 46.6 Å². The molecule has 1 atom stereocenters. The second-order valence-corrected chi connectivity index (χ2v) is 4.14. The highest BCUT2D eigenvalue weighted by Crippen LogP contribution is 2.06. The van der Waals surface area contributed by atoms with Gasteiger partial charge in [0, 0.05) is 18.4 Å². The maximum atomic E-state index is 11.5. The molecule has 1 unspecified atom stereocenters. The van der Waals surface area contributed by atoms with E-state index < -0.39 is 0 Å². The fourth-order valence-electron chi connectivity index (χ4n) is 1.06. The number of rotatable bonds is 7. The second kappa shape index (κ2) is 6.71. The molecule has 0 rings (SSSR count).